The number of esters is 1. The summed E-state index contributed by atoms with van der Waals surface area (Å²) >= 11 is 0. The first-order chi connectivity index (χ1) is 13.1. The van der Waals surface area contributed by atoms with Crippen molar-refractivity contribution in [1.29, 1.82) is 0 Å². The van der Waals surface area contributed by atoms with Gasteiger partial charge in [0.25, 0.3) is 0 Å². The van der Waals surface area contributed by atoms with Crippen molar-refractivity contribution in [2.75, 3.05) is 7.11 Å². The van der Waals surface area contributed by atoms with Crippen molar-refractivity contribution in [2.45, 2.75) is 142 Å². The highest BCUT2D eigenvalue weighted by Crippen LogP contribution is 2.38. The zero-order valence-electron chi connectivity index (χ0n) is 20.2. The fourth-order valence-corrected chi connectivity index (χ4v) is 4.69. The lowest BCUT2D eigenvalue weighted by Gasteiger charge is -2.39. The average Bonchev–Trinajstić information content (AvgIpc) is 2.62. The SMILES string of the molecule is CCCCC(CCCCCCCCCCCC(=O)OC)O[Si](C)(C)C(C)(C)C. The van der Waals surface area contributed by atoms with Crippen LogP contribution in [0.5, 0.6) is 0 Å². The normalized spacial score (nSPS) is 13.5. The van der Waals surface area contributed by atoms with E-state index >= 15 is 0 Å². The molecule has 4 heteroatoms. The lowest BCUT2D eigenvalue weighted by atomic mass is 10.0. The van der Waals surface area contributed by atoms with Crippen LogP contribution in [0.4, 0.5) is 0 Å². The van der Waals surface area contributed by atoms with Crippen LogP contribution in [0.2, 0.25) is 18.1 Å². The third kappa shape index (κ3) is 13.8. The minimum absolute atomic E-state index is 0.0743. The maximum Gasteiger partial charge on any atom is 0.305 e. The van der Waals surface area contributed by atoms with Crippen molar-refractivity contribution in [1.82, 2.24) is 0 Å². The van der Waals surface area contributed by atoms with Crippen LogP contribution in [0.15, 0.2) is 0 Å². The van der Waals surface area contributed by atoms with Crippen molar-refractivity contribution < 1.29 is 14.0 Å². The minimum atomic E-state index is -1.65. The molecular formula is C24H50O3Si. The van der Waals surface area contributed by atoms with Gasteiger partial charge in [-0.25, -0.2) is 0 Å². The molecule has 1 unspecified atom stereocenters. The molecule has 0 aromatic carbocycles. The van der Waals surface area contributed by atoms with Gasteiger partial charge in [-0.05, 0) is 37.4 Å². The van der Waals surface area contributed by atoms with Gasteiger partial charge in [0, 0.05) is 12.5 Å². The van der Waals surface area contributed by atoms with E-state index < -0.39 is 8.32 Å². The highest BCUT2D eigenvalue weighted by molar-refractivity contribution is 6.74. The molecule has 0 saturated heterocycles. The molecule has 0 radical (unpaired) electrons. The molecule has 3 nitrogen and oxygen atoms in total. The Morgan fingerprint density at radius 3 is 1.75 bits per heavy atom. The van der Waals surface area contributed by atoms with E-state index in [0.717, 1.165) is 12.8 Å². The first kappa shape index (κ1) is 27.6. The van der Waals surface area contributed by atoms with Gasteiger partial charge >= 0.3 is 5.97 Å². The maximum absolute atomic E-state index is 11.0. The van der Waals surface area contributed by atoms with Crippen molar-refractivity contribution >= 4 is 14.3 Å². The average molecular weight is 415 g/mol. The summed E-state index contributed by atoms with van der Waals surface area (Å²) in [5.41, 5.74) is 0. The van der Waals surface area contributed by atoms with Crippen LogP contribution in [-0.2, 0) is 14.0 Å². The second-order valence-electron chi connectivity index (χ2n) is 9.94. The fourth-order valence-electron chi connectivity index (χ4n) is 3.27. The molecule has 0 saturated carbocycles. The van der Waals surface area contributed by atoms with Crippen molar-refractivity contribution in [3.05, 3.63) is 0 Å². The molecule has 0 amide bonds. The van der Waals surface area contributed by atoms with Gasteiger partial charge in [-0.3, -0.25) is 4.79 Å². The first-order valence-corrected chi connectivity index (χ1v) is 14.8. The van der Waals surface area contributed by atoms with Gasteiger partial charge in [-0.2, -0.15) is 0 Å². The number of carbonyl (C=O) groups is 1. The van der Waals surface area contributed by atoms with Gasteiger partial charge in [-0.15, -0.1) is 0 Å². The third-order valence-corrected chi connectivity index (χ3v) is 10.8. The van der Waals surface area contributed by atoms with E-state index in [9.17, 15) is 4.79 Å². The molecule has 0 spiro atoms. The van der Waals surface area contributed by atoms with Crippen LogP contribution in [0.1, 0.15) is 118 Å². The van der Waals surface area contributed by atoms with Crippen LogP contribution < -0.4 is 0 Å². The maximum atomic E-state index is 11.0. The molecule has 0 aromatic heterocycles. The molecule has 0 aliphatic heterocycles. The predicted molar refractivity (Wildman–Crippen MR) is 124 cm³/mol. The Bertz CT molecular complexity index is 388. The van der Waals surface area contributed by atoms with Gasteiger partial charge < -0.3 is 9.16 Å². The van der Waals surface area contributed by atoms with Gasteiger partial charge in [0.15, 0.2) is 8.32 Å². The number of carbonyl (C=O) groups excluding carboxylic acids is 1. The van der Waals surface area contributed by atoms with E-state index in [1.165, 1.54) is 77.7 Å². The second-order valence-corrected chi connectivity index (χ2v) is 14.7. The summed E-state index contributed by atoms with van der Waals surface area (Å²) in [5, 5.41) is 0.300. The molecule has 0 rings (SSSR count). The molecule has 0 bridgehead atoms. The quantitative estimate of drug-likeness (QED) is 0.137. The van der Waals surface area contributed by atoms with E-state index in [0.29, 0.717) is 17.6 Å². The predicted octanol–water partition coefficient (Wildman–Crippen LogP) is 8.03. The van der Waals surface area contributed by atoms with Gasteiger partial charge in [0.2, 0.25) is 0 Å². The lowest BCUT2D eigenvalue weighted by Crippen LogP contribution is -2.44. The Morgan fingerprint density at radius 1 is 0.821 bits per heavy atom. The van der Waals surface area contributed by atoms with E-state index in [2.05, 4.69) is 45.5 Å². The minimum Gasteiger partial charge on any atom is -0.469 e. The topological polar surface area (TPSA) is 35.5 Å². The molecule has 28 heavy (non-hydrogen) atoms. The Kier molecular flexibility index (Phi) is 15.3. The molecule has 0 aromatic rings. The number of hydrogen-bond acceptors (Lipinski definition) is 3. The Balaban J connectivity index is 3.84. The molecule has 0 N–H and O–H groups in total. The van der Waals surface area contributed by atoms with Crippen LogP contribution in [-0.4, -0.2) is 27.5 Å². The van der Waals surface area contributed by atoms with Crippen molar-refractivity contribution in [2.24, 2.45) is 0 Å². The van der Waals surface area contributed by atoms with Gasteiger partial charge in [-0.1, -0.05) is 91.9 Å². The smallest absolute Gasteiger partial charge is 0.305 e. The van der Waals surface area contributed by atoms with Crippen molar-refractivity contribution in [3.63, 3.8) is 0 Å². The third-order valence-electron chi connectivity index (χ3n) is 6.28. The van der Waals surface area contributed by atoms with E-state index in [1.54, 1.807) is 0 Å². The lowest BCUT2D eigenvalue weighted by molar-refractivity contribution is -0.140. The summed E-state index contributed by atoms with van der Waals surface area (Å²) in [5.74, 6) is -0.0743. The highest BCUT2D eigenvalue weighted by atomic mass is 28.4. The van der Waals surface area contributed by atoms with Crippen LogP contribution in [0, 0.1) is 0 Å². The van der Waals surface area contributed by atoms with Crippen LogP contribution in [0.25, 0.3) is 0 Å². The second kappa shape index (κ2) is 15.5. The Hall–Kier alpha value is -0.353. The summed E-state index contributed by atoms with van der Waals surface area (Å²) < 4.78 is 11.4. The largest absolute Gasteiger partial charge is 0.469 e. The van der Waals surface area contributed by atoms with Crippen LogP contribution >= 0.6 is 0 Å². The molecule has 0 heterocycles. The number of unbranched alkanes of at least 4 members (excludes halogenated alkanes) is 9. The Morgan fingerprint density at radius 2 is 1.29 bits per heavy atom. The summed E-state index contributed by atoms with van der Waals surface area (Å²) in [6.45, 7) is 14.1. The number of methoxy groups -OCH3 is 1. The highest BCUT2D eigenvalue weighted by Gasteiger charge is 2.38. The molecule has 0 aliphatic rings. The number of hydrogen-bond donors (Lipinski definition) is 0. The summed E-state index contributed by atoms with van der Waals surface area (Å²) in [6, 6.07) is 0. The first-order valence-electron chi connectivity index (χ1n) is 11.9. The molecule has 168 valence electrons. The van der Waals surface area contributed by atoms with E-state index in [1.807, 2.05) is 0 Å². The summed E-state index contributed by atoms with van der Waals surface area (Å²) in [4.78, 5) is 11.0. The van der Waals surface area contributed by atoms with Gasteiger partial charge in [0.05, 0.1) is 7.11 Å². The van der Waals surface area contributed by atoms with Gasteiger partial charge in [0.1, 0.15) is 0 Å². The Labute approximate surface area is 177 Å². The molecular weight excluding hydrogens is 364 g/mol. The van der Waals surface area contributed by atoms with Crippen LogP contribution in [0.3, 0.4) is 0 Å². The molecule has 0 fully saturated rings. The molecule has 1 atom stereocenters. The standard InChI is InChI=1S/C24H50O3Si/c1-8-9-19-22(27-28(6,7)24(2,3)4)20-17-15-13-11-10-12-14-16-18-21-23(25)26-5/h22H,8-21H2,1-7H3. The zero-order chi connectivity index (χ0) is 21.5. The fraction of sp³-hybridized carbons (Fsp3) is 0.958. The zero-order valence-corrected chi connectivity index (χ0v) is 21.2. The monoisotopic (exact) mass is 414 g/mol. The number of ether oxygens (including phenoxy) is 1. The van der Waals surface area contributed by atoms with E-state index in [-0.39, 0.29) is 5.97 Å². The van der Waals surface area contributed by atoms with Crippen molar-refractivity contribution in [3.8, 4) is 0 Å². The van der Waals surface area contributed by atoms with E-state index in [4.69, 9.17) is 4.43 Å². The molecule has 0 aliphatic carbocycles. The number of rotatable bonds is 17. The summed E-state index contributed by atoms with van der Waals surface area (Å²) in [7, 11) is -0.188. The summed E-state index contributed by atoms with van der Waals surface area (Å²) in [6.07, 6.45) is 17.4.